The van der Waals surface area contributed by atoms with Crippen molar-refractivity contribution in [3.63, 3.8) is 0 Å². The predicted molar refractivity (Wildman–Crippen MR) is 83.8 cm³/mol. The van der Waals surface area contributed by atoms with E-state index in [9.17, 15) is 4.79 Å². The molecule has 1 aromatic rings. The first kappa shape index (κ1) is 16.0. The molecular formula is C17H26N2O2. The van der Waals surface area contributed by atoms with Gasteiger partial charge in [0.1, 0.15) is 5.54 Å². The summed E-state index contributed by atoms with van der Waals surface area (Å²) in [6, 6.07) is 9.52. The normalized spacial score (nSPS) is 21.0. The molecule has 1 heterocycles. The Kier molecular flexibility index (Phi) is 4.69. The summed E-state index contributed by atoms with van der Waals surface area (Å²) >= 11 is 0. The molecule has 21 heavy (non-hydrogen) atoms. The Morgan fingerprint density at radius 3 is 2.57 bits per heavy atom. The number of nitrogens with zero attached hydrogens (tertiary/aromatic N) is 1. The summed E-state index contributed by atoms with van der Waals surface area (Å²) in [5, 5.41) is 0. The third kappa shape index (κ3) is 3.27. The number of benzene rings is 1. The van der Waals surface area contributed by atoms with Crippen LogP contribution in [0.3, 0.4) is 0 Å². The van der Waals surface area contributed by atoms with Crippen molar-refractivity contribution < 1.29 is 9.53 Å². The van der Waals surface area contributed by atoms with E-state index in [1.807, 2.05) is 30.3 Å². The van der Waals surface area contributed by atoms with Crippen LogP contribution in [0.15, 0.2) is 30.3 Å². The molecular weight excluding hydrogens is 264 g/mol. The van der Waals surface area contributed by atoms with Gasteiger partial charge in [-0.05, 0) is 45.2 Å². The number of hydrogen-bond donors (Lipinski definition) is 1. The summed E-state index contributed by atoms with van der Waals surface area (Å²) < 4.78 is 4.95. The first-order valence-electron chi connectivity index (χ1n) is 7.58. The van der Waals surface area contributed by atoms with E-state index >= 15 is 0 Å². The van der Waals surface area contributed by atoms with Gasteiger partial charge >= 0.3 is 5.97 Å². The van der Waals surface area contributed by atoms with Gasteiger partial charge in [0.25, 0.3) is 0 Å². The van der Waals surface area contributed by atoms with Crippen molar-refractivity contribution in [1.82, 2.24) is 4.90 Å². The van der Waals surface area contributed by atoms with E-state index in [1.165, 1.54) is 20.0 Å². The number of nitrogens with two attached hydrogens (primary N) is 1. The maximum absolute atomic E-state index is 12.2. The molecule has 0 bridgehead atoms. The quantitative estimate of drug-likeness (QED) is 0.845. The Labute approximate surface area is 127 Å². The molecule has 1 fully saturated rings. The molecule has 1 saturated heterocycles. The number of methoxy groups -OCH3 is 1. The van der Waals surface area contributed by atoms with Gasteiger partial charge in [0.05, 0.1) is 7.11 Å². The van der Waals surface area contributed by atoms with E-state index < -0.39 is 5.54 Å². The molecule has 1 aliphatic heterocycles. The molecule has 0 saturated carbocycles. The Morgan fingerprint density at radius 2 is 2.05 bits per heavy atom. The van der Waals surface area contributed by atoms with Crippen molar-refractivity contribution >= 4 is 5.97 Å². The molecule has 1 aliphatic rings. The van der Waals surface area contributed by atoms with E-state index in [0.29, 0.717) is 6.42 Å². The minimum Gasteiger partial charge on any atom is -0.467 e. The molecule has 0 spiro atoms. The number of esters is 1. The fourth-order valence-electron chi connectivity index (χ4n) is 3.17. The minimum absolute atomic E-state index is 0.188. The third-order valence-corrected chi connectivity index (χ3v) is 4.69. The molecule has 1 aromatic carbocycles. The largest absolute Gasteiger partial charge is 0.467 e. The van der Waals surface area contributed by atoms with Gasteiger partial charge in [-0.3, -0.25) is 4.90 Å². The molecule has 4 heteroatoms. The molecule has 1 atom stereocenters. The van der Waals surface area contributed by atoms with Gasteiger partial charge in [0.15, 0.2) is 0 Å². The highest BCUT2D eigenvalue weighted by atomic mass is 16.5. The molecule has 0 radical (unpaired) electrons. The highest BCUT2D eigenvalue weighted by molar-refractivity contribution is 5.82. The van der Waals surface area contributed by atoms with Gasteiger partial charge in [-0.2, -0.15) is 0 Å². The molecule has 0 aliphatic carbocycles. The molecule has 2 rings (SSSR count). The van der Waals surface area contributed by atoms with Gasteiger partial charge in [-0.25, -0.2) is 4.79 Å². The van der Waals surface area contributed by atoms with Crippen LogP contribution < -0.4 is 5.73 Å². The van der Waals surface area contributed by atoms with Crippen LogP contribution in [0, 0.1) is 0 Å². The van der Waals surface area contributed by atoms with E-state index in [1.54, 1.807) is 0 Å². The third-order valence-electron chi connectivity index (χ3n) is 4.69. The van der Waals surface area contributed by atoms with Crippen LogP contribution in [0.2, 0.25) is 0 Å². The number of ether oxygens (including phenoxy) is 1. The smallest absolute Gasteiger partial charge is 0.330 e. The van der Waals surface area contributed by atoms with Crippen LogP contribution in [-0.4, -0.2) is 36.6 Å². The maximum Gasteiger partial charge on any atom is 0.330 e. The summed E-state index contributed by atoms with van der Waals surface area (Å²) in [4.78, 5) is 14.7. The van der Waals surface area contributed by atoms with Crippen molar-refractivity contribution in [3.8, 4) is 0 Å². The fourth-order valence-corrected chi connectivity index (χ4v) is 3.17. The predicted octanol–water partition coefficient (Wildman–Crippen LogP) is 2.28. The lowest BCUT2D eigenvalue weighted by atomic mass is 9.87. The average molecular weight is 290 g/mol. The van der Waals surface area contributed by atoms with Gasteiger partial charge in [0.2, 0.25) is 0 Å². The average Bonchev–Trinajstić information content (AvgIpc) is 2.83. The molecule has 0 aromatic heterocycles. The zero-order valence-electron chi connectivity index (χ0n) is 13.3. The first-order valence-corrected chi connectivity index (χ1v) is 7.58. The topological polar surface area (TPSA) is 55.6 Å². The number of carbonyl (C=O) groups is 1. The van der Waals surface area contributed by atoms with Crippen LogP contribution >= 0.6 is 0 Å². The van der Waals surface area contributed by atoms with E-state index in [0.717, 1.165) is 18.7 Å². The second-order valence-electron chi connectivity index (χ2n) is 6.48. The zero-order valence-corrected chi connectivity index (χ0v) is 13.3. The second kappa shape index (κ2) is 6.16. The lowest BCUT2D eigenvalue weighted by Crippen LogP contribution is -2.49. The Bertz CT molecular complexity index is 487. The number of likely N-dealkylation sites (tertiary alicyclic amines) is 1. The van der Waals surface area contributed by atoms with Gasteiger partial charge in [-0.15, -0.1) is 0 Å². The van der Waals surface area contributed by atoms with Crippen molar-refractivity contribution in [3.05, 3.63) is 35.9 Å². The van der Waals surface area contributed by atoms with Crippen LogP contribution in [0.4, 0.5) is 0 Å². The second-order valence-corrected chi connectivity index (χ2v) is 6.48. The van der Waals surface area contributed by atoms with E-state index in [4.69, 9.17) is 10.5 Å². The van der Waals surface area contributed by atoms with Crippen LogP contribution in [0.1, 0.15) is 38.7 Å². The van der Waals surface area contributed by atoms with Gasteiger partial charge in [-0.1, -0.05) is 30.3 Å². The van der Waals surface area contributed by atoms with Crippen LogP contribution in [-0.2, 0) is 15.1 Å². The van der Waals surface area contributed by atoms with E-state index in [2.05, 4.69) is 18.7 Å². The van der Waals surface area contributed by atoms with Crippen LogP contribution in [0.5, 0.6) is 0 Å². The maximum atomic E-state index is 12.2. The fraction of sp³-hybridized carbons (Fsp3) is 0.588. The minimum atomic E-state index is -1.07. The lowest BCUT2D eigenvalue weighted by molar-refractivity contribution is -0.148. The summed E-state index contributed by atoms with van der Waals surface area (Å²) in [5.41, 5.74) is 6.37. The van der Waals surface area contributed by atoms with Crippen molar-refractivity contribution in [2.75, 3.05) is 20.2 Å². The Balaban J connectivity index is 2.16. The van der Waals surface area contributed by atoms with Crippen molar-refractivity contribution in [1.29, 1.82) is 0 Å². The summed E-state index contributed by atoms with van der Waals surface area (Å²) in [6.07, 6.45) is 2.95. The standard InChI is InChI=1S/C17H26N2O2/c1-16(2)10-7-12-19(16)13-11-17(18,15(20)21-3)14-8-5-4-6-9-14/h4-6,8-9H,7,10-13,18H2,1-3H3. The van der Waals surface area contributed by atoms with Crippen molar-refractivity contribution in [2.24, 2.45) is 5.73 Å². The summed E-state index contributed by atoms with van der Waals surface area (Å²) in [7, 11) is 1.40. The SMILES string of the molecule is COC(=O)C(N)(CCN1CCCC1(C)C)c1ccccc1. The highest BCUT2D eigenvalue weighted by Gasteiger charge is 2.39. The zero-order chi connectivity index (χ0) is 15.5. The lowest BCUT2D eigenvalue weighted by Gasteiger charge is -2.35. The first-order chi connectivity index (χ1) is 9.90. The molecule has 4 nitrogen and oxygen atoms in total. The monoisotopic (exact) mass is 290 g/mol. The highest BCUT2D eigenvalue weighted by Crippen LogP contribution is 2.31. The van der Waals surface area contributed by atoms with E-state index in [-0.39, 0.29) is 11.5 Å². The van der Waals surface area contributed by atoms with Crippen molar-refractivity contribution in [2.45, 2.75) is 44.2 Å². The van der Waals surface area contributed by atoms with Gasteiger partial charge < -0.3 is 10.5 Å². The Morgan fingerprint density at radius 1 is 1.38 bits per heavy atom. The number of hydrogen-bond acceptors (Lipinski definition) is 4. The molecule has 0 amide bonds. The van der Waals surface area contributed by atoms with Gasteiger partial charge in [0, 0.05) is 12.1 Å². The molecule has 116 valence electrons. The van der Waals surface area contributed by atoms with Crippen LogP contribution in [0.25, 0.3) is 0 Å². The Hall–Kier alpha value is -1.39. The molecule has 2 N–H and O–H groups in total. The molecule has 1 unspecified atom stereocenters. The number of rotatable bonds is 5. The summed E-state index contributed by atoms with van der Waals surface area (Å²) in [5.74, 6) is -0.370. The number of carbonyl (C=O) groups excluding carboxylic acids is 1. The summed E-state index contributed by atoms with van der Waals surface area (Å²) in [6.45, 7) is 6.37.